The second-order valence-corrected chi connectivity index (χ2v) is 15.8. The fourth-order valence-corrected chi connectivity index (χ4v) is 8.72. The van der Waals surface area contributed by atoms with Gasteiger partial charge in [0.2, 0.25) is 5.91 Å². The van der Waals surface area contributed by atoms with E-state index in [2.05, 4.69) is 4.99 Å². The van der Waals surface area contributed by atoms with E-state index in [4.69, 9.17) is 9.47 Å². The Balaban J connectivity index is 2.38. The zero-order chi connectivity index (χ0) is 36.2. The average molecular weight is 668 g/mol. The summed E-state index contributed by atoms with van der Waals surface area (Å²) < 4.78 is 29.2. The molecule has 1 aromatic carbocycles. The molecule has 2 bridgehead atoms. The fraction of sp³-hybridized carbons (Fsp3) is 0.650. The number of aliphatic hydroxyl groups is 1. The van der Waals surface area contributed by atoms with Gasteiger partial charge in [-0.2, -0.15) is 0 Å². The number of hydrogen-bond donors (Lipinski definition) is 1. The van der Waals surface area contributed by atoms with E-state index in [1.807, 2.05) is 90.1 Å². The zero-order valence-corrected chi connectivity index (χ0v) is 30.9. The first-order chi connectivity index (χ1) is 22.2. The van der Waals surface area contributed by atoms with Gasteiger partial charge in [-0.05, 0) is 74.8 Å². The van der Waals surface area contributed by atoms with Crippen LogP contribution >= 0.6 is 0 Å². The molecule has 0 radical (unpaired) electrons. The zero-order valence-electron chi connectivity index (χ0n) is 30.9. The number of cyclic esters (lactones) is 1. The summed E-state index contributed by atoms with van der Waals surface area (Å²) in [4.78, 5) is 44.9. The number of carbonyl (C=O) groups excluding carboxylic acids is 3. The molecule has 9 atom stereocenters. The second-order valence-electron chi connectivity index (χ2n) is 15.8. The highest BCUT2D eigenvalue weighted by atomic mass is 19.1. The van der Waals surface area contributed by atoms with Gasteiger partial charge in [0.25, 0.3) is 5.67 Å². The van der Waals surface area contributed by atoms with Gasteiger partial charge < -0.3 is 14.6 Å². The molecule has 0 aliphatic carbocycles. The molecule has 266 valence electrons. The minimum absolute atomic E-state index is 0.185. The molecule has 0 aromatic heterocycles. The van der Waals surface area contributed by atoms with Crippen LogP contribution in [0.15, 0.2) is 53.0 Å². The number of allylic oxidation sites excluding steroid dienone is 2. The van der Waals surface area contributed by atoms with E-state index in [9.17, 15) is 19.5 Å². The van der Waals surface area contributed by atoms with Crippen LogP contribution < -0.4 is 0 Å². The van der Waals surface area contributed by atoms with Crippen LogP contribution in [0.2, 0.25) is 0 Å². The van der Waals surface area contributed by atoms with E-state index in [-0.39, 0.29) is 24.9 Å². The Morgan fingerprint density at radius 3 is 2.27 bits per heavy atom. The van der Waals surface area contributed by atoms with Crippen molar-refractivity contribution in [1.29, 1.82) is 0 Å². The number of nitrogens with zero attached hydrogens (tertiary/aromatic N) is 1. The van der Waals surface area contributed by atoms with Gasteiger partial charge in [0.1, 0.15) is 11.7 Å². The molecule has 2 saturated heterocycles. The standard InChI is InChI=1S/C40H58FNO6/c1-12-32-40(11,46)31-22-21-30(20-16-19-29-17-14-13-15-18-29)24-47-38(9,23-25(2)33(26(31)3)42-28(5)43)34(37(6,7)8)27(4)35(44)39(10,41)36(45)48-32/h13-20,25-27,31-32,34,46H,12,21-24H2,1-11H3/b19-16+,30-20+,42-33+/t25-,26-,27-,31-,32-,34+,38-,39+,40+/m1/s1. The minimum atomic E-state index is -2.95. The molecular weight excluding hydrogens is 609 g/mol. The molecule has 2 aliphatic heterocycles. The van der Waals surface area contributed by atoms with E-state index in [1.165, 1.54) is 6.92 Å². The number of benzene rings is 1. The lowest BCUT2D eigenvalue weighted by Crippen LogP contribution is -2.57. The van der Waals surface area contributed by atoms with Crippen molar-refractivity contribution in [3.05, 3.63) is 53.6 Å². The predicted molar refractivity (Wildman–Crippen MR) is 189 cm³/mol. The molecule has 2 fully saturated rings. The smallest absolute Gasteiger partial charge is 0.351 e. The number of Topliss-reactive ketones (excluding diaryl/α,β-unsaturated/α-hetero) is 1. The summed E-state index contributed by atoms with van der Waals surface area (Å²) >= 11 is 0. The Morgan fingerprint density at radius 1 is 1.08 bits per heavy atom. The number of carbonyl (C=O) groups is 3. The first-order valence-electron chi connectivity index (χ1n) is 17.5. The molecule has 1 N–H and O–H groups in total. The maximum atomic E-state index is 16.5. The van der Waals surface area contributed by atoms with Crippen molar-refractivity contribution in [2.24, 2.45) is 40.0 Å². The third kappa shape index (κ3) is 8.78. The summed E-state index contributed by atoms with van der Waals surface area (Å²) in [5.41, 5.74) is -3.55. The Morgan fingerprint density at radius 2 is 1.71 bits per heavy atom. The van der Waals surface area contributed by atoms with Crippen LogP contribution in [0.1, 0.15) is 107 Å². The number of halogens is 1. The van der Waals surface area contributed by atoms with Gasteiger partial charge in [0.15, 0.2) is 5.78 Å². The van der Waals surface area contributed by atoms with Gasteiger partial charge >= 0.3 is 5.97 Å². The van der Waals surface area contributed by atoms with Crippen molar-refractivity contribution >= 4 is 29.4 Å². The Labute approximate surface area is 287 Å². The van der Waals surface area contributed by atoms with Crippen LogP contribution in [-0.2, 0) is 23.9 Å². The number of hydrogen-bond acceptors (Lipinski definition) is 6. The number of aliphatic imine (C=N–C) groups is 1. The van der Waals surface area contributed by atoms with Crippen LogP contribution in [0.25, 0.3) is 6.08 Å². The molecule has 2 heterocycles. The molecule has 0 spiro atoms. The lowest BCUT2D eigenvalue weighted by Gasteiger charge is -2.49. The van der Waals surface area contributed by atoms with Gasteiger partial charge in [-0.3, -0.25) is 9.59 Å². The summed E-state index contributed by atoms with van der Waals surface area (Å²) in [6, 6.07) is 9.96. The molecule has 1 amide bonds. The van der Waals surface area contributed by atoms with Gasteiger partial charge in [0, 0.05) is 30.4 Å². The lowest BCUT2D eigenvalue weighted by atomic mass is 9.60. The Kier molecular flexibility index (Phi) is 12.6. The van der Waals surface area contributed by atoms with E-state index >= 15 is 4.39 Å². The predicted octanol–water partition coefficient (Wildman–Crippen LogP) is 8.14. The third-order valence-electron chi connectivity index (χ3n) is 10.7. The number of ketones is 1. The monoisotopic (exact) mass is 667 g/mol. The van der Waals surface area contributed by atoms with Crippen molar-refractivity contribution < 1.29 is 33.4 Å². The Hall–Kier alpha value is -2.97. The maximum Gasteiger partial charge on any atom is 0.351 e. The van der Waals surface area contributed by atoms with Crippen molar-refractivity contribution in [1.82, 2.24) is 0 Å². The molecule has 2 aliphatic rings. The van der Waals surface area contributed by atoms with Gasteiger partial charge in [-0.1, -0.05) is 97.0 Å². The summed E-state index contributed by atoms with van der Waals surface area (Å²) in [5, 5.41) is 12.3. The largest absolute Gasteiger partial charge is 0.457 e. The van der Waals surface area contributed by atoms with Gasteiger partial charge in [-0.15, -0.1) is 0 Å². The number of esters is 1. The summed E-state index contributed by atoms with van der Waals surface area (Å²) in [7, 11) is 0. The SMILES string of the molecule is CC[C@H]1OC(=O)[C@@](C)(F)C(=O)[C@H](C)[C@@H](C(C)(C)C)[C@@]2(C)C[C@@H](C)/C(=N\C(C)=O)[C@H](C)[C@@H](CC/C(=C\C=C\c3ccccc3)CO2)[C@]1(C)O. The van der Waals surface area contributed by atoms with Crippen molar-refractivity contribution in [3.8, 4) is 0 Å². The van der Waals surface area contributed by atoms with Crippen LogP contribution in [0.3, 0.4) is 0 Å². The molecule has 1 aromatic rings. The summed E-state index contributed by atoms with van der Waals surface area (Å²) in [5.74, 6) is -5.33. The lowest BCUT2D eigenvalue weighted by molar-refractivity contribution is -0.188. The first kappa shape index (κ1) is 39.5. The van der Waals surface area contributed by atoms with E-state index in [1.54, 1.807) is 20.8 Å². The van der Waals surface area contributed by atoms with Gasteiger partial charge in [0.05, 0.1) is 12.2 Å². The van der Waals surface area contributed by atoms with Crippen molar-refractivity contribution in [3.63, 3.8) is 0 Å². The van der Waals surface area contributed by atoms with Gasteiger partial charge in [-0.25, -0.2) is 14.2 Å². The maximum absolute atomic E-state index is 16.5. The van der Waals surface area contributed by atoms with E-state index in [0.29, 0.717) is 25.0 Å². The number of rotatable bonds is 3. The van der Waals surface area contributed by atoms with E-state index < -0.39 is 63.8 Å². The second kappa shape index (κ2) is 15.3. The number of fused-ring (bicyclic) bond motifs is 5. The molecule has 0 saturated carbocycles. The van der Waals surface area contributed by atoms with Crippen LogP contribution in [-0.4, -0.2) is 58.1 Å². The molecule has 3 rings (SSSR count). The topological polar surface area (TPSA) is 102 Å². The van der Waals surface area contributed by atoms with Crippen LogP contribution in [0.4, 0.5) is 4.39 Å². The van der Waals surface area contributed by atoms with Crippen LogP contribution in [0.5, 0.6) is 0 Å². The first-order valence-corrected chi connectivity index (χ1v) is 17.5. The molecular formula is C40H58FNO6. The van der Waals surface area contributed by atoms with Crippen LogP contribution in [0, 0.1) is 35.0 Å². The van der Waals surface area contributed by atoms with E-state index in [0.717, 1.165) is 18.1 Å². The number of alkyl halides is 1. The van der Waals surface area contributed by atoms with Crippen molar-refractivity contribution in [2.45, 2.75) is 125 Å². The van der Waals surface area contributed by atoms with Crippen molar-refractivity contribution in [2.75, 3.05) is 6.61 Å². The fourth-order valence-electron chi connectivity index (χ4n) is 8.72. The number of amides is 1. The highest BCUT2D eigenvalue weighted by Gasteiger charge is 2.56. The molecule has 0 unspecified atom stereocenters. The highest BCUT2D eigenvalue weighted by molar-refractivity contribution is 6.07. The Bertz CT molecular complexity index is 1400. The molecule has 7 nitrogen and oxygen atoms in total. The quantitative estimate of drug-likeness (QED) is 0.258. The molecule has 48 heavy (non-hydrogen) atoms. The summed E-state index contributed by atoms with van der Waals surface area (Å²) in [6.07, 6.45) is 6.44. The minimum Gasteiger partial charge on any atom is -0.457 e. The molecule has 8 heteroatoms. The third-order valence-corrected chi connectivity index (χ3v) is 10.7. The normalized spacial score (nSPS) is 37.9. The summed E-state index contributed by atoms with van der Waals surface area (Å²) in [6.45, 7) is 19.5. The number of ether oxygens (including phenoxy) is 2. The highest BCUT2D eigenvalue weighted by Crippen LogP contribution is 2.49. The average Bonchev–Trinajstić information content (AvgIpc) is 3.00.